The van der Waals surface area contributed by atoms with Gasteiger partial charge in [-0.1, -0.05) is 33.6 Å². The molecule has 2 rings (SSSR count). The van der Waals surface area contributed by atoms with Crippen molar-refractivity contribution in [2.75, 3.05) is 26.2 Å². The molecule has 1 aromatic heterocycles. The lowest BCUT2D eigenvalue weighted by Crippen LogP contribution is -2.46. The molecule has 1 aliphatic heterocycles. The lowest BCUT2D eigenvalue weighted by atomic mass is 10.0. The Hall–Kier alpha value is -1.63. The second-order valence-electron chi connectivity index (χ2n) is 7.26. The standard InChI is InChI=1S/C19H37N7/c1-6-16(7-2)12-20-19(21-13-17-10-9-11-26(17)8-3)22-14-18-24-23-15(4)25(18)5/h16-17H,6-14H2,1-5H3,(H2,20,21,22). The fourth-order valence-corrected chi connectivity index (χ4v) is 3.49. The second kappa shape index (κ2) is 10.5. The molecule has 0 radical (unpaired) electrons. The lowest BCUT2D eigenvalue weighted by molar-refractivity contribution is 0.267. The summed E-state index contributed by atoms with van der Waals surface area (Å²) in [6, 6.07) is 0.609. The van der Waals surface area contributed by atoms with Gasteiger partial charge in [0.2, 0.25) is 0 Å². The molecule has 1 fully saturated rings. The zero-order valence-electron chi connectivity index (χ0n) is 17.3. The Morgan fingerprint density at radius 2 is 2.00 bits per heavy atom. The van der Waals surface area contributed by atoms with Gasteiger partial charge in [0.15, 0.2) is 11.8 Å². The minimum atomic E-state index is 0.539. The smallest absolute Gasteiger partial charge is 0.191 e. The van der Waals surface area contributed by atoms with Crippen LogP contribution in [0.1, 0.15) is 58.1 Å². The quantitative estimate of drug-likeness (QED) is 0.519. The van der Waals surface area contributed by atoms with E-state index in [1.807, 2.05) is 18.5 Å². The second-order valence-corrected chi connectivity index (χ2v) is 7.26. The first-order valence-electron chi connectivity index (χ1n) is 10.2. The third kappa shape index (κ3) is 5.69. The van der Waals surface area contributed by atoms with Crippen LogP contribution in [0.4, 0.5) is 0 Å². The normalized spacial score (nSPS) is 18.7. The highest BCUT2D eigenvalue weighted by atomic mass is 15.3. The molecule has 0 aliphatic carbocycles. The third-order valence-electron chi connectivity index (χ3n) is 5.68. The average Bonchev–Trinajstić information content (AvgIpc) is 3.24. The average molecular weight is 364 g/mol. The van der Waals surface area contributed by atoms with Gasteiger partial charge in [0.1, 0.15) is 12.4 Å². The van der Waals surface area contributed by atoms with Crippen LogP contribution in [0.25, 0.3) is 0 Å². The van der Waals surface area contributed by atoms with E-state index in [-0.39, 0.29) is 0 Å². The number of nitrogens with one attached hydrogen (secondary N) is 2. The predicted molar refractivity (Wildman–Crippen MR) is 107 cm³/mol. The van der Waals surface area contributed by atoms with E-state index in [1.165, 1.54) is 32.2 Å². The van der Waals surface area contributed by atoms with Crippen molar-refractivity contribution in [1.82, 2.24) is 30.3 Å². The van der Waals surface area contributed by atoms with E-state index in [0.29, 0.717) is 18.5 Å². The highest BCUT2D eigenvalue weighted by Crippen LogP contribution is 2.15. The first-order valence-corrected chi connectivity index (χ1v) is 10.2. The number of likely N-dealkylation sites (N-methyl/N-ethyl adjacent to an activating group) is 1. The Balaban J connectivity index is 1.97. The van der Waals surface area contributed by atoms with Crippen molar-refractivity contribution in [3.8, 4) is 0 Å². The van der Waals surface area contributed by atoms with E-state index in [9.17, 15) is 0 Å². The molecular formula is C19H37N7. The van der Waals surface area contributed by atoms with E-state index in [1.54, 1.807) is 0 Å². The van der Waals surface area contributed by atoms with Crippen molar-refractivity contribution in [3.05, 3.63) is 11.6 Å². The molecule has 1 aliphatic rings. The molecule has 1 atom stereocenters. The van der Waals surface area contributed by atoms with E-state index < -0.39 is 0 Å². The van der Waals surface area contributed by atoms with E-state index in [2.05, 4.69) is 46.5 Å². The van der Waals surface area contributed by atoms with Gasteiger partial charge in [-0.3, -0.25) is 4.90 Å². The van der Waals surface area contributed by atoms with Gasteiger partial charge in [-0.05, 0) is 38.8 Å². The molecule has 7 heteroatoms. The largest absolute Gasteiger partial charge is 0.356 e. The van der Waals surface area contributed by atoms with E-state index >= 15 is 0 Å². The number of nitrogens with zero attached hydrogens (tertiary/aromatic N) is 5. The molecule has 0 aromatic carbocycles. The van der Waals surface area contributed by atoms with Gasteiger partial charge in [-0.25, -0.2) is 4.99 Å². The molecule has 148 valence electrons. The van der Waals surface area contributed by atoms with Crippen molar-refractivity contribution in [2.24, 2.45) is 18.0 Å². The summed E-state index contributed by atoms with van der Waals surface area (Å²) in [5.41, 5.74) is 0. The molecule has 0 saturated carbocycles. The summed E-state index contributed by atoms with van der Waals surface area (Å²) in [5, 5.41) is 15.4. The Kier molecular flexibility index (Phi) is 8.35. The monoisotopic (exact) mass is 363 g/mol. The summed E-state index contributed by atoms with van der Waals surface area (Å²) in [7, 11) is 1.99. The van der Waals surface area contributed by atoms with Crippen LogP contribution in [0.5, 0.6) is 0 Å². The van der Waals surface area contributed by atoms with Gasteiger partial charge >= 0.3 is 0 Å². The van der Waals surface area contributed by atoms with Crippen LogP contribution < -0.4 is 10.6 Å². The first kappa shape index (κ1) is 20.7. The highest BCUT2D eigenvalue weighted by Gasteiger charge is 2.22. The molecule has 26 heavy (non-hydrogen) atoms. The summed E-state index contributed by atoms with van der Waals surface area (Å²) in [6.07, 6.45) is 4.94. The Morgan fingerprint density at radius 1 is 1.23 bits per heavy atom. The van der Waals surface area contributed by atoms with Gasteiger partial charge in [-0.15, -0.1) is 10.2 Å². The van der Waals surface area contributed by atoms with Crippen molar-refractivity contribution >= 4 is 5.96 Å². The van der Waals surface area contributed by atoms with Crippen LogP contribution in [0.2, 0.25) is 0 Å². The van der Waals surface area contributed by atoms with Crippen LogP contribution in [0.15, 0.2) is 4.99 Å². The summed E-state index contributed by atoms with van der Waals surface area (Å²) >= 11 is 0. The van der Waals surface area contributed by atoms with Crippen LogP contribution in [-0.2, 0) is 13.6 Å². The maximum absolute atomic E-state index is 4.77. The molecule has 0 spiro atoms. The van der Waals surface area contributed by atoms with Gasteiger partial charge in [-0.2, -0.15) is 0 Å². The zero-order valence-corrected chi connectivity index (χ0v) is 17.3. The Labute approximate surface area is 158 Å². The third-order valence-corrected chi connectivity index (χ3v) is 5.68. The number of hydrogen-bond donors (Lipinski definition) is 2. The first-order chi connectivity index (χ1) is 12.6. The number of aryl methyl sites for hydroxylation is 1. The Morgan fingerprint density at radius 3 is 2.62 bits per heavy atom. The number of guanidine groups is 1. The SMILES string of the molecule is CCC(CC)CNC(=NCc1nnc(C)n1C)NCC1CCCN1CC. The summed E-state index contributed by atoms with van der Waals surface area (Å²) in [5.74, 6) is 3.37. The summed E-state index contributed by atoms with van der Waals surface area (Å²) in [4.78, 5) is 7.33. The predicted octanol–water partition coefficient (Wildman–Crippen LogP) is 2.08. The van der Waals surface area contributed by atoms with Gasteiger partial charge < -0.3 is 15.2 Å². The maximum atomic E-state index is 4.77. The fourth-order valence-electron chi connectivity index (χ4n) is 3.49. The van der Waals surface area contributed by atoms with Crippen LogP contribution >= 0.6 is 0 Å². The molecule has 1 aromatic rings. The van der Waals surface area contributed by atoms with Gasteiger partial charge in [0.25, 0.3) is 0 Å². The molecular weight excluding hydrogens is 326 g/mol. The number of hydrogen-bond acceptors (Lipinski definition) is 4. The zero-order chi connectivity index (χ0) is 18.9. The van der Waals surface area contributed by atoms with Gasteiger partial charge in [0.05, 0.1) is 0 Å². The van der Waals surface area contributed by atoms with Crippen molar-refractivity contribution in [3.63, 3.8) is 0 Å². The summed E-state index contributed by atoms with van der Waals surface area (Å²) < 4.78 is 2.00. The van der Waals surface area contributed by atoms with Gasteiger partial charge in [0, 0.05) is 26.2 Å². The highest BCUT2D eigenvalue weighted by molar-refractivity contribution is 5.79. The topological polar surface area (TPSA) is 70.4 Å². The molecule has 1 unspecified atom stereocenters. The molecule has 7 nitrogen and oxygen atoms in total. The number of rotatable bonds is 9. The van der Waals surface area contributed by atoms with Crippen molar-refractivity contribution in [1.29, 1.82) is 0 Å². The fraction of sp³-hybridized carbons (Fsp3) is 0.842. The molecule has 1 saturated heterocycles. The molecule has 0 bridgehead atoms. The van der Waals surface area contributed by atoms with E-state index in [4.69, 9.17) is 4.99 Å². The van der Waals surface area contributed by atoms with E-state index in [0.717, 1.165) is 37.2 Å². The molecule has 2 heterocycles. The number of aromatic nitrogens is 3. The van der Waals surface area contributed by atoms with Crippen LogP contribution in [0.3, 0.4) is 0 Å². The van der Waals surface area contributed by atoms with Crippen molar-refractivity contribution < 1.29 is 0 Å². The van der Waals surface area contributed by atoms with Crippen LogP contribution in [0, 0.1) is 12.8 Å². The minimum absolute atomic E-state index is 0.539. The molecule has 0 amide bonds. The van der Waals surface area contributed by atoms with Crippen molar-refractivity contribution in [2.45, 2.75) is 66.0 Å². The number of likely N-dealkylation sites (tertiary alicyclic amines) is 1. The van der Waals surface area contributed by atoms with Crippen LogP contribution in [-0.4, -0.2) is 57.8 Å². The maximum Gasteiger partial charge on any atom is 0.191 e. The molecule has 2 N–H and O–H groups in total. The number of aliphatic imine (C=N–C) groups is 1. The lowest BCUT2D eigenvalue weighted by Gasteiger charge is -2.24. The summed E-state index contributed by atoms with van der Waals surface area (Å²) in [6.45, 7) is 13.5. The minimum Gasteiger partial charge on any atom is -0.356 e. The Bertz CT molecular complexity index is 562.